The molecule has 0 saturated carbocycles. The standard InChI is InChI=1S/C27H35N3O2/c1-4-7-19-32-22-15-13-21(14-16-22)26-20-24(23-11-8-9-12-25(23)29-26)27(31)28-17-10-18-30(5-2)6-3/h8-9,11-16,20H,4-7,10,17-19H2,1-3H3,(H,28,31). The zero-order valence-electron chi connectivity index (χ0n) is 19.6. The Morgan fingerprint density at radius 1 is 1.00 bits per heavy atom. The second-order valence-corrected chi connectivity index (χ2v) is 7.93. The summed E-state index contributed by atoms with van der Waals surface area (Å²) in [6.07, 6.45) is 3.09. The number of hydrogen-bond donors (Lipinski definition) is 1. The highest BCUT2D eigenvalue weighted by Gasteiger charge is 2.14. The summed E-state index contributed by atoms with van der Waals surface area (Å²) in [6.45, 7) is 10.9. The molecule has 3 rings (SSSR count). The predicted octanol–water partition coefficient (Wildman–Crippen LogP) is 5.54. The zero-order valence-corrected chi connectivity index (χ0v) is 19.6. The Kier molecular flexibility index (Phi) is 9.05. The van der Waals surface area contributed by atoms with Gasteiger partial charge in [-0.05, 0) is 68.9 Å². The molecule has 0 bridgehead atoms. The molecule has 0 radical (unpaired) electrons. The van der Waals surface area contributed by atoms with Gasteiger partial charge in [0.1, 0.15) is 5.75 Å². The Hall–Kier alpha value is -2.92. The van der Waals surface area contributed by atoms with Crippen LogP contribution in [0.25, 0.3) is 22.2 Å². The van der Waals surface area contributed by atoms with E-state index in [1.807, 2.05) is 54.6 Å². The molecule has 0 spiro atoms. The van der Waals surface area contributed by atoms with E-state index in [1.54, 1.807) is 0 Å². The molecule has 0 saturated heterocycles. The van der Waals surface area contributed by atoms with Gasteiger partial charge in [-0.15, -0.1) is 0 Å². The number of amides is 1. The van der Waals surface area contributed by atoms with Crippen LogP contribution in [0, 0.1) is 0 Å². The minimum atomic E-state index is -0.0519. The number of pyridine rings is 1. The fraction of sp³-hybridized carbons (Fsp3) is 0.407. The first kappa shape index (κ1) is 23.7. The molecule has 0 aliphatic rings. The number of carbonyl (C=O) groups excluding carboxylic acids is 1. The van der Waals surface area contributed by atoms with Crippen molar-refractivity contribution >= 4 is 16.8 Å². The minimum Gasteiger partial charge on any atom is -0.494 e. The molecule has 5 heteroatoms. The van der Waals surface area contributed by atoms with E-state index in [1.165, 1.54) is 0 Å². The number of para-hydroxylation sites is 1. The number of unbranched alkanes of at least 4 members (excludes halogenated alkanes) is 1. The lowest BCUT2D eigenvalue weighted by Gasteiger charge is -2.17. The summed E-state index contributed by atoms with van der Waals surface area (Å²) in [4.78, 5) is 20.2. The van der Waals surface area contributed by atoms with Crippen LogP contribution >= 0.6 is 0 Å². The number of nitrogens with zero attached hydrogens (tertiary/aromatic N) is 2. The van der Waals surface area contributed by atoms with E-state index >= 15 is 0 Å². The Bertz CT molecular complexity index is 997. The summed E-state index contributed by atoms with van der Waals surface area (Å²) >= 11 is 0. The fourth-order valence-electron chi connectivity index (χ4n) is 3.71. The molecule has 0 unspecified atom stereocenters. The summed E-state index contributed by atoms with van der Waals surface area (Å²) in [5.41, 5.74) is 3.24. The highest BCUT2D eigenvalue weighted by atomic mass is 16.5. The largest absolute Gasteiger partial charge is 0.494 e. The van der Waals surface area contributed by atoms with Crippen LogP contribution in [-0.4, -0.2) is 48.6 Å². The Morgan fingerprint density at radius 3 is 2.47 bits per heavy atom. The molecule has 170 valence electrons. The molecular formula is C27H35N3O2. The SMILES string of the molecule is CCCCOc1ccc(-c2cc(C(=O)NCCCN(CC)CC)c3ccccc3n2)cc1. The monoisotopic (exact) mass is 433 g/mol. The number of fused-ring (bicyclic) bond motifs is 1. The summed E-state index contributed by atoms with van der Waals surface area (Å²) in [7, 11) is 0. The summed E-state index contributed by atoms with van der Waals surface area (Å²) < 4.78 is 5.77. The molecule has 0 aliphatic carbocycles. The second-order valence-electron chi connectivity index (χ2n) is 7.93. The van der Waals surface area contributed by atoms with E-state index in [0.29, 0.717) is 12.1 Å². The molecule has 1 heterocycles. The molecule has 32 heavy (non-hydrogen) atoms. The molecule has 0 fully saturated rings. The molecule has 1 aromatic heterocycles. The lowest BCUT2D eigenvalue weighted by Crippen LogP contribution is -2.30. The van der Waals surface area contributed by atoms with Crippen LogP contribution in [0.2, 0.25) is 0 Å². The van der Waals surface area contributed by atoms with Gasteiger partial charge in [-0.25, -0.2) is 4.98 Å². The summed E-state index contributed by atoms with van der Waals surface area (Å²) in [6, 6.07) is 17.7. The highest BCUT2D eigenvalue weighted by Crippen LogP contribution is 2.26. The van der Waals surface area contributed by atoms with Gasteiger partial charge in [0.05, 0.1) is 23.4 Å². The number of benzene rings is 2. The van der Waals surface area contributed by atoms with Gasteiger partial charge in [0.15, 0.2) is 0 Å². The van der Waals surface area contributed by atoms with Gasteiger partial charge in [0.25, 0.3) is 5.91 Å². The van der Waals surface area contributed by atoms with Crippen molar-refractivity contribution in [1.29, 1.82) is 0 Å². The molecular weight excluding hydrogens is 398 g/mol. The maximum Gasteiger partial charge on any atom is 0.252 e. The van der Waals surface area contributed by atoms with Crippen LogP contribution in [0.3, 0.4) is 0 Å². The maximum absolute atomic E-state index is 13.1. The third kappa shape index (κ3) is 6.30. The van der Waals surface area contributed by atoms with Crippen molar-refractivity contribution in [3.63, 3.8) is 0 Å². The van der Waals surface area contributed by atoms with Crippen molar-refractivity contribution in [2.75, 3.05) is 32.8 Å². The third-order valence-electron chi connectivity index (χ3n) is 5.71. The molecule has 3 aromatic rings. The predicted molar refractivity (Wildman–Crippen MR) is 132 cm³/mol. The third-order valence-corrected chi connectivity index (χ3v) is 5.71. The van der Waals surface area contributed by atoms with Crippen LogP contribution in [0.15, 0.2) is 54.6 Å². The van der Waals surface area contributed by atoms with Crippen LogP contribution < -0.4 is 10.1 Å². The van der Waals surface area contributed by atoms with Crippen LogP contribution in [-0.2, 0) is 0 Å². The van der Waals surface area contributed by atoms with Gasteiger partial charge in [-0.3, -0.25) is 4.79 Å². The van der Waals surface area contributed by atoms with Crippen molar-refractivity contribution < 1.29 is 9.53 Å². The lowest BCUT2D eigenvalue weighted by molar-refractivity contribution is 0.0953. The Morgan fingerprint density at radius 2 is 1.75 bits per heavy atom. The quantitative estimate of drug-likeness (QED) is 0.381. The number of ether oxygens (including phenoxy) is 1. The number of nitrogens with one attached hydrogen (secondary N) is 1. The van der Waals surface area contributed by atoms with Crippen molar-refractivity contribution in [1.82, 2.24) is 15.2 Å². The van der Waals surface area contributed by atoms with Gasteiger partial charge in [-0.1, -0.05) is 45.4 Å². The van der Waals surface area contributed by atoms with E-state index in [-0.39, 0.29) is 5.91 Å². The Labute approximate surface area is 191 Å². The molecule has 0 atom stereocenters. The maximum atomic E-state index is 13.1. The van der Waals surface area contributed by atoms with Crippen LogP contribution in [0.5, 0.6) is 5.75 Å². The van der Waals surface area contributed by atoms with Gasteiger partial charge in [0.2, 0.25) is 0 Å². The van der Waals surface area contributed by atoms with E-state index in [9.17, 15) is 4.79 Å². The molecule has 1 amide bonds. The average Bonchev–Trinajstić information content (AvgIpc) is 2.84. The Balaban J connectivity index is 1.77. The highest BCUT2D eigenvalue weighted by molar-refractivity contribution is 6.07. The normalized spacial score (nSPS) is 11.1. The minimum absolute atomic E-state index is 0.0519. The van der Waals surface area contributed by atoms with Crippen molar-refractivity contribution in [3.05, 3.63) is 60.2 Å². The molecule has 1 N–H and O–H groups in total. The second kappa shape index (κ2) is 12.2. The number of hydrogen-bond acceptors (Lipinski definition) is 4. The molecule has 2 aromatic carbocycles. The number of rotatable bonds is 12. The van der Waals surface area contributed by atoms with Gasteiger partial charge >= 0.3 is 0 Å². The van der Waals surface area contributed by atoms with Gasteiger partial charge < -0.3 is 15.0 Å². The first-order valence-electron chi connectivity index (χ1n) is 11.8. The van der Waals surface area contributed by atoms with E-state index in [0.717, 1.165) is 73.4 Å². The first-order valence-corrected chi connectivity index (χ1v) is 11.8. The summed E-state index contributed by atoms with van der Waals surface area (Å²) in [5, 5.41) is 3.97. The lowest BCUT2D eigenvalue weighted by atomic mass is 10.0. The van der Waals surface area contributed by atoms with E-state index < -0.39 is 0 Å². The van der Waals surface area contributed by atoms with Crippen molar-refractivity contribution in [3.8, 4) is 17.0 Å². The molecule has 0 aliphatic heterocycles. The topological polar surface area (TPSA) is 54.5 Å². The molecule has 5 nitrogen and oxygen atoms in total. The van der Waals surface area contributed by atoms with Crippen LogP contribution in [0.4, 0.5) is 0 Å². The average molecular weight is 434 g/mol. The summed E-state index contributed by atoms with van der Waals surface area (Å²) in [5.74, 6) is 0.804. The van der Waals surface area contributed by atoms with Gasteiger partial charge in [0, 0.05) is 17.5 Å². The van der Waals surface area contributed by atoms with E-state index in [2.05, 4.69) is 31.0 Å². The number of carbonyl (C=O) groups is 1. The van der Waals surface area contributed by atoms with Crippen molar-refractivity contribution in [2.45, 2.75) is 40.0 Å². The van der Waals surface area contributed by atoms with Crippen LogP contribution in [0.1, 0.15) is 50.4 Å². The fourth-order valence-corrected chi connectivity index (χ4v) is 3.71. The number of aromatic nitrogens is 1. The zero-order chi connectivity index (χ0) is 22.8. The smallest absolute Gasteiger partial charge is 0.252 e. The first-order chi connectivity index (χ1) is 15.7. The van der Waals surface area contributed by atoms with Gasteiger partial charge in [-0.2, -0.15) is 0 Å². The van der Waals surface area contributed by atoms with Crippen molar-refractivity contribution in [2.24, 2.45) is 0 Å². The van der Waals surface area contributed by atoms with E-state index in [4.69, 9.17) is 9.72 Å².